The highest BCUT2D eigenvalue weighted by molar-refractivity contribution is 7.89. The van der Waals surface area contributed by atoms with E-state index in [0.29, 0.717) is 22.2 Å². The monoisotopic (exact) mass is 477 g/mol. The Morgan fingerprint density at radius 1 is 1.10 bits per heavy atom. The highest BCUT2D eigenvalue weighted by atomic mass is 35.5. The van der Waals surface area contributed by atoms with Crippen LogP contribution in [0.2, 0.25) is 15.1 Å². The van der Waals surface area contributed by atoms with Crippen LogP contribution in [0.1, 0.15) is 52.9 Å². The van der Waals surface area contributed by atoms with Crippen LogP contribution in [0.5, 0.6) is 0 Å². The van der Waals surface area contributed by atoms with Crippen molar-refractivity contribution in [3.63, 3.8) is 0 Å². The van der Waals surface area contributed by atoms with E-state index in [4.69, 9.17) is 34.8 Å². The maximum absolute atomic E-state index is 12.7. The fourth-order valence-corrected chi connectivity index (χ4v) is 6.29. The highest BCUT2D eigenvalue weighted by Crippen LogP contribution is 2.41. The molecule has 1 aromatic heterocycles. The van der Waals surface area contributed by atoms with Crippen LogP contribution >= 0.6 is 34.8 Å². The van der Waals surface area contributed by atoms with Gasteiger partial charge in [0, 0.05) is 17.6 Å². The first-order valence-corrected chi connectivity index (χ1v) is 12.3. The van der Waals surface area contributed by atoms with Crippen molar-refractivity contribution in [2.24, 2.45) is 5.92 Å². The van der Waals surface area contributed by atoms with Gasteiger partial charge in [-0.25, -0.2) is 13.1 Å². The normalized spacial score (nSPS) is 16.3. The highest BCUT2D eigenvalue weighted by Gasteiger charge is 2.28. The number of aromatic nitrogens is 2. The van der Waals surface area contributed by atoms with E-state index >= 15 is 0 Å². The van der Waals surface area contributed by atoms with Crippen LogP contribution < -0.4 is 4.72 Å². The average molecular weight is 479 g/mol. The molecule has 1 aliphatic carbocycles. The number of hydrogen-bond donors (Lipinski definition) is 1. The average Bonchev–Trinajstić information content (AvgIpc) is 2.96. The molecule has 9 heteroatoms. The Morgan fingerprint density at radius 3 is 2.38 bits per heavy atom. The summed E-state index contributed by atoms with van der Waals surface area (Å²) in [6.07, 6.45) is 7.67. The number of hydrogen-bond acceptors (Lipinski definition) is 3. The Labute approximate surface area is 187 Å². The number of sulfonamides is 1. The van der Waals surface area contributed by atoms with Gasteiger partial charge in [0.15, 0.2) is 0 Å². The minimum atomic E-state index is -3.82. The van der Waals surface area contributed by atoms with E-state index < -0.39 is 15.6 Å². The summed E-state index contributed by atoms with van der Waals surface area (Å²) in [5.41, 5.74) is 0.594. The van der Waals surface area contributed by atoms with Gasteiger partial charge in [0.1, 0.15) is 4.90 Å². The first-order chi connectivity index (χ1) is 13.5. The Hall–Kier alpha value is -0.790. The molecule has 0 radical (unpaired) electrons. The molecular weight excluding hydrogens is 453 g/mol. The molecule has 5 nitrogen and oxygen atoms in total. The molecule has 0 bridgehead atoms. The summed E-state index contributed by atoms with van der Waals surface area (Å²) in [5, 5.41) is 5.01. The van der Waals surface area contributed by atoms with Crippen molar-refractivity contribution in [1.82, 2.24) is 14.5 Å². The minimum absolute atomic E-state index is 0.0256. The molecule has 2 aromatic rings. The molecule has 1 aromatic carbocycles. The zero-order valence-corrected chi connectivity index (χ0v) is 19.9. The third-order valence-corrected chi connectivity index (χ3v) is 8.05. The van der Waals surface area contributed by atoms with E-state index in [1.54, 1.807) is 33.0 Å². The van der Waals surface area contributed by atoms with Crippen molar-refractivity contribution in [2.45, 2.75) is 69.9 Å². The zero-order chi connectivity index (χ0) is 21.4. The van der Waals surface area contributed by atoms with Gasteiger partial charge in [-0.3, -0.25) is 4.68 Å². The van der Waals surface area contributed by atoms with E-state index in [9.17, 15) is 8.42 Å². The van der Waals surface area contributed by atoms with Crippen molar-refractivity contribution in [1.29, 1.82) is 0 Å². The molecule has 1 fully saturated rings. The van der Waals surface area contributed by atoms with Crippen LogP contribution in [0.3, 0.4) is 0 Å². The van der Waals surface area contributed by atoms with Gasteiger partial charge < -0.3 is 0 Å². The lowest BCUT2D eigenvalue weighted by Crippen LogP contribution is -2.40. The fourth-order valence-electron chi connectivity index (χ4n) is 3.76. The molecule has 1 aliphatic rings. The van der Waals surface area contributed by atoms with E-state index in [0.717, 1.165) is 6.54 Å². The third kappa shape index (κ3) is 5.28. The Kier molecular flexibility index (Phi) is 6.91. The largest absolute Gasteiger partial charge is 0.263 e. The molecule has 3 rings (SSSR count). The molecule has 0 amide bonds. The smallest absolute Gasteiger partial charge is 0.242 e. The van der Waals surface area contributed by atoms with Gasteiger partial charge in [-0.05, 0) is 51.7 Å². The minimum Gasteiger partial charge on any atom is -0.263 e. The first kappa shape index (κ1) is 22.9. The maximum atomic E-state index is 12.7. The van der Waals surface area contributed by atoms with Gasteiger partial charge in [0.25, 0.3) is 0 Å². The van der Waals surface area contributed by atoms with E-state index in [-0.39, 0.29) is 14.9 Å². The van der Waals surface area contributed by atoms with Crippen LogP contribution in [0, 0.1) is 5.92 Å². The Balaban J connectivity index is 1.99. The molecule has 0 saturated heterocycles. The molecule has 160 valence electrons. The lowest BCUT2D eigenvalue weighted by molar-refractivity contribution is 0.309. The molecule has 1 N–H and O–H groups in total. The van der Waals surface area contributed by atoms with Crippen LogP contribution in [0.25, 0.3) is 11.3 Å². The first-order valence-electron chi connectivity index (χ1n) is 9.73. The van der Waals surface area contributed by atoms with Gasteiger partial charge in [-0.1, -0.05) is 54.1 Å². The Morgan fingerprint density at radius 2 is 1.76 bits per heavy atom. The summed E-state index contributed by atoms with van der Waals surface area (Å²) in [4.78, 5) is -0.0580. The quantitative estimate of drug-likeness (QED) is 0.559. The van der Waals surface area contributed by atoms with Crippen LogP contribution in [0.4, 0.5) is 0 Å². The van der Waals surface area contributed by atoms with Crippen molar-refractivity contribution < 1.29 is 8.42 Å². The van der Waals surface area contributed by atoms with E-state index in [1.165, 1.54) is 38.2 Å². The van der Waals surface area contributed by atoms with Gasteiger partial charge in [-0.15, -0.1) is 0 Å². The predicted octanol–water partition coefficient (Wildman–Crippen LogP) is 6.17. The van der Waals surface area contributed by atoms with E-state index in [1.807, 2.05) is 4.68 Å². The number of nitrogens with zero attached hydrogens (tertiary/aromatic N) is 2. The summed E-state index contributed by atoms with van der Waals surface area (Å²) >= 11 is 19.4. The third-order valence-electron chi connectivity index (χ3n) is 4.98. The maximum Gasteiger partial charge on any atom is 0.242 e. The molecule has 1 heterocycles. The molecule has 0 atom stereocenters. The zero-order valence-electron chi connectivity index (χ0n) is 16.8. The molecule has 0 spiro atoms. The van der Waals surface area contributed by atoms with Crippen LogP contribution in [0.15, 0.2) is 23.2 Å². The summed E-state index contributed by atoms with van der Waals surface area (Å²) in [5.74, 6) is 0.545. The standard InChI is InChI=1S/C20H26Cl3N3O2S/c1-20(2,3)25-29(27,28)16-10-9-14(17(22)18(16)23)19-15(21)11-24-26(19)12-13-7-5-4-6-8-13/h9-11,13,25H,4-8,12H2,1-3H3. The molecular formula is C20H26Cl3N3O2S. The van der Waals surface area contributed by atoms with Crippen molar-refractivity contribution in [2.75, 3.05) is 0 Å². The summed E-state index contributed by atoms with van der Waals surface area (Å²) < 4.78 is 29.9. The number of nitrogens with one attached hydrogen (secondary N) is 1. The second kappa shape index (κ2) is 8.75. The lowest BCUT2D eigenvalue weighted by Gasteiger charge is -2.23. The number of benzene rings is 1. The van der Waals surface area contributed by atoms with Crippen LogP contribution in [-0.4, -0.2) is 23.7 Å². The van der Waals surface area contributed by atoms with Crippen LogP contribution in [-0.2, 0) is 16.6 Å². The van der Waals surface area contributed by atoms with Gasteiger partial charge in [0.05, 0.1) is 27.0 Å². The number of halogens is 3. The lowest BCUT2D eigenvalue weighted by atomic mass is 9.89. The van der Waals surface area contributed by atoms with Gasteiger partial charge in [-0.2, -0.15) is 5.10 Å². The van der Waals surface area contributed by atoms with E-state index in [2.05, 4.69) is 9.82 Å². The fraction of sp³-hybridized carbons (Fsp3) is 0.550. The van der Waals surface area contributed by atoms with Crippen molar-refractivity contribution in [3.8, 4) is 11.3 Å². The van der Waals surface area contributed by atoms with Gasteiger partial charge >= 0.3 is 0 Å². The predicted molar refractivity (Wildman–Crippen MR) is 119 cm³/mol. The topological polar surface area (TPSA) is 64.0 Å². The number of rotatable bonds is 5. The van der Waals surface area contributed by atoms with Gasteiger partial charge in [0.2, 0.25) is 10.0 Å². The molecule has 29 heavy (non-hydrogen) atoms. The molecule has 0 aliphatic heterocycles. The summed E-state index contributed by atoms with van der Waals surface area (Å²) in [6.45, 7) is 6.04. The molecule has 1 saturated carbocycles. The summed E-state index contributed by atoms with van der Waals surface area (Å²) in [7, 11) is -3.82. The second-order valence-electron chi connectivity index (χ2n) is 8.62. The molecule has 0 unspecified atom stereocenters. The van der Waals surface area contributed by atoms with Crippen molar-refractivity contribution in [3.05, 3.63) is 33.4 Å². The second-order valence-corrected chi connectivity index (χ2v) is 11.4. The Bertz CT molecular complexity index is 991. The SMILES string of the molecule is CC(C)(C)NS(=O)(=O)c1ccc(-c2c(Cl)cnn2CC2CCCCC2)c(Cl)c1Cl. The van der Waals surface area contributed by atoms with Crippen molar-refractivity contribution >= 4 is 44.8 Å². The summed E-state index contributed by atoms with van der Waals surface area (Å²) in [6, 6.07) is 3.11.